The van der Waals surface area contributed by atoms with E-state index in [0.29, 0.717) is 41.0 Å². The Hall–Kier alpha value is -4.06. The van der Waals surface area contributed by atoms with Gasteiger partial charge in [0.2, 0.25) is 0 Å². The summed E-state index contributed by atoms with van der Waals surface area (Å²) >= 11 is 0. The molecule has 4 aromatic rings. The normalized spacial score (nSPS) is 10.9. The van der Waals surface area contributed by atoms with Crippen LogP contribution in [0.4, 0.5) is 4.39 Å². The lowest BCUT2D eigenvalue weighted by atomic mass is 9.94. The van der Waals surface area contributed by atoms with Crippen molar-refractivity contribution in [3.8, 4) is 22.3 Å². The monoisotopic (exact) mass is 455 g/mol. The molecule has 0 aliphatic heterocycles. The molecule has 0 aliphatic rings. The molecule has 2 aromatic carbocycles. The van der Waals surface area contributed by atoms with Crippen molar-refractivity contribution in [1.29, 1.82) is 0 Å². The fraction of sp³-hybridized carbons (Fsp3) is 0.179. The highest BCUT2D eigenvalue weighted by atomic mass is 19.1. The zero-order valence-corrected chi connectivity index (χ0v) is 19.2. The van der Waals surface area contributed by atoms with Crippen molar-refractivity contribution < 1.29 is 14.0 Å². The number of nitrogens with zero attached hydrogens (tertiary/aromatic N) is 2. The van der Waals surface area contributed by atoms with Crippen LogP contribution in [0.2, 0.25) is 0 Å². The van der Waals surface area contributed by atoms with Crippen LogP contribution in [0.25, 0.3) is 22.3 Å². The Morgan fingerprint density at radius 1 is 1.00 bits per heavy atom. The molecule has 0 aliphatic carbocycles. The molecule has 0 unspecified atom stereocenters. The van der Waals surface area contributed by atoms with E-state index >= 15 is 0 Å². The molecule has 6 heteroatoms. The van der Waals surface area contributed by atoms with E-state index in [9.17, 15) is 14.0 Å². The van der Waals surface area contributed by atoms with Crippen LogP contribution in [0.3, 0.4) is 0 Å². The summed E-state index contributed by atoms with van der Waals surface area (Å²) in [5.74, 6) is -0.637. The maximum atomic E-state index is 13.7. The number of nitrogens with one attached hydrogen (secondary N) is 1. The van der Waals surface area contributed by atoms with Crippen LogP contribution in [0, 0.1) is 5.82 Å². The molecule has 0 saturated heterocycles. The Kier molecular flexibility index (Phi) is 6.97. The van der Waals surface area contributed by atoms with Crippen molar-refractivity contribution >= 4 is 12.2 Å². The van der Waals surface area contributed by atoms with Gasteiger partial charge in [-0.25, -0.2) is 4.39 Å². The van der Waals surface area contributed by atoms with Crippen molar-refractivity contribution in [3.63, 3.8) is 0 Å². The van der Waals surface area contributed by atoms with Gasteiger partial charge in [0.25, 0.3) is 5.91 Å². The predicted molar refractivity (Wildman–Crippen MR) is 131 cm³/mol. The number of hydrogen-bond donors (Lipinski definition) is 1. The van der Waals surface area contributed by atoms with E-state index in [2.05, 4.69) is 10.3 Å². The highest BCUT2D eigenvalue weighted by Gasteiger charge is 2.29. The predicted octanol–water partition coefficient (Wildman–Crippen LogP) is 5.72. The minimum atomic E-state index is -0.366. The van der Waals surface area contributed by atoms with Gasteiger partial charge < -0.3 is 9.88 Å². The van der Waals surface area contributed by atoms with Gasteiger partial charge in [0.05, 0.1) is 5.69 Å². The molecule has 34 heavy (non-hydrogen) atoms. The van der Waals surface area contributed by atoms with Crippen molar-refractivity contribution in [1.82, 2.24) is 14.9 Å². The van der Waals surface area contributed by atoms with Crippen molar-refractivity contribution in [2.75, 3.05) is 6.54 Å². The highest BCUT2D eigenvalue weighted by molar-refractivity contribution is 6.08. The third kappa shape index (κ3) is 4.66. The number of carbonyl (C=O) groups excluding carboxylic acids is 2. The van der Waals surface area contributed by atoms with Gasteiger partial charge in [-0.1, -0.05) is 48.5 Å². The highest BCUT2D eigenvalue weighted by Crippen LogP contribution is 2.41. The van der Waals surface area contributed by atoms with Crippen LogP contribution in [0.5, 0.6) is 0 Å². The van der Waals surface area contributed by atoms with Crippen LogP contribution in [0.1, 0.15) is 46.4 Å². The third-order valence-electron chi connectivity index (χ3n) is 5.70. The molecule has 5 nitrogen and oxygen atoms in total. The molecular formula is C28H26FN3O2. The summed E-state index contributed by atoms with van der Waals surface area (Å²) in [6.45, 7) is 4.29. The molecule has 1 amide bonds. The van der Waals surface area contributed by atoms with Crippen molar-refractivity contribution in [2.24, 2.45) is 0 Å². The van der Waals surface area contributed by atoms with Crippen LogP contribution < -0.4 is 5.32 Å². The molecule has 0 fully saturated rings. The van der Waals surface area contributed by atoms with E-state index in [0.717, 1.165) is 17.4 Å². The Morgan fingerprint density at radius 2 is 1.71 bits per heavy atom. The summed E-state index contributed by atoms with van der Waals surface area (Å²) < 4.78 is 15.5. The minimum Gasteiger partial charge on any atom is -0.350 e. The first kappa shape index (κ1) is 23.1. The number of rotatable bonds is 8. The van der Waals surface area contributed by atoms with E-state index in [4.69, 9.17) is 0 Å². The smallest absolute Gasteiger partial charge is 0.268 e. The number of hydrogen-bond acceptors (Lipinski definition) is 3. The molecule has 4 rings (SSSR count). The molecule has 2 aromatic heterocycles. The molecular weight excluding hydrogens is 429 g/mol. The molecule has 0 atom stereocenters. The number of aromatic nitrogens is 2. The summed E-state index contributed by atoms with van der Waals surface area (Å²) in [7, 11) is 0. The van der Waals surface area contributed by atoms with Gasteiger partial charge in [0, 0.05) is 36.1 Å². The van der Waals surface area contributed by atoms with E-state index in [1.54, 1.807) is 29.1 Å². The van der Waals surface area contributed by atoms with Gasteiger partial charge >= 0.3 is 0 Å². The van der Waals surface area contributed by atoms with Gasteiger partial charge in [0.15, 0.2) is 6.29 Å². The van der Waals surface area contributed by atoms with E-state index < -0.39 is 0 Å². The SMILES string of the molecule is CC(C)n1c(C=O)c(-c2ccc(F)cc2)c(-c2ccccc2)c1C(=O)NCCc1cccnc1. The molecule has 1 N–H and O–H groups in total. The number of aldehydes is 1. The Morgan fingerprint density at radius 3 is 2.32 bits per heavy atom. The third-order valence-corrected chi connectivity index (χ3v) is 5.70. The summed E-state index contributed by atoms with van der Waals surface area (Å²) in [5, 5.41) is 3.01. The average Bonchev–Trinajstić information content (AvgIpc) is 3.21. The van der Waals surface area contributed by atoms with Gasteiger partial charge in [-0.2, -0.15) is 0 Å². The van der Waals surface area contributed by atoms with Gasteiger partial charge in [-0.05, 0) is 55.2 Å². The van der Waals surface area contributed by atoms with E-state index in [1.165, 1.54) is 12.1 Å². The van der Waals surface area contributed by atoms with E-state index in [-0.39, 0.29) is 17.8 Å². The van der Waals surface area contributed by atoms with E-state index in [1.807, 2.05) is 56.3 Å². The first-order valence-electron chi connectivity index (χ1n) is 11.2. The average molecular weight is 456 g/mol. The zero-order valence-electron chi connectivity index (χ0n) is 19.2. The van der Waals surface area contributed by atoms with Gasteiger partial charge in [-0.15, -0.1) is 0 Å². The van der Waals surface area contributed by atoms with Crippen molar-refractivity contribution in [3.05, 3.63) is 102 Å². The second-order valence-corrected chi connectivity index (χ2v) is 8.31. The minimum absolute atomic E-state index is 0.157. The molecule has 0 bridgehead atoms. The summed E-state index contributed by atoms with van der Waals surface area (Å²) in [4.78, 5) is 30.1. The molecule has 0 saturated carbocycles. The van der Waals surface area contributed by atoms with Crippen molar-refractivity contribution in [2.45, 2.75) is 26.3 Å². The lowest BCUT2D eigenvalue weighted by molar-refractivity contribution is 0.0944. The van der Waals surface area contributed by atoms with Gasteiger partial charge in [-0.3, -0.25) is 14.6 Å². The van der Waals surface area contributed by atoms with Gasteiger partial charge in [0.1, 0.15) is 11.5 Å². The van der Waals surface area contributed by atoms with Crippen LogP contribution in [-0.4, -0.2) is 28.3 Å². The Bertz CT molecular complexity index is 1280. The maximum absolute atomic E-state index is 13.7. The largest absolute Gasteiger partial charge is 0.350 e. The fourth-order valence-electron chi connectivity index (χ4n) is 4.23. The fourth-order valence-corrected chi connectivity index (χ4v) is 4.23. The Balaban J connectivity index is 1.86. The first-order chi connectivity index (χ1) is 16.5. The lowest BCUT2D eigenvalue weighted by Crippen LogP contribution is -2.29. The molecule has 0 spiro atoms. The van der Waals surface area contributed by atoms with Crippen LogP contribution >= 0.6 is 0 Å². The molecule has 2 heterocycles. The zero-order chi connectivity index (χ0) is 24.1. The topological polar surface area (TPSA) is 64.0 Å². The quantitative estimate of drug-likeness (QED) is 0.346. The lowest BCUT2D eigenvalue weighted by Gasteiger charge is -2.16. The molecule has 172 valence electrons. The second kappa shape index (κ2) is 10.3. The number of pyridine rings is 1. The van der Waals surface area contributed by atoms with Crippen LogP contribution in [-0.2, 0) is 6.42 Å². The number of halogens is 1. The standard InChI is InChI=1S/C28H26FN3O2/c1-19(2)32-24(18-33)25(22-10-12-23(29)13-11-22)26(21-8-4-3-5-9-21)27(32)28(34)31-16-14-20-7-6-15-30-17-20/h3-13,15,17-19H,14,16H2,1-2H3,(H,31,34). The summed E-state index contributed by atoms with van der Waals surface area (Å²) in [6.07, 6.45) is 4.89. The maximum Gasteiger partial charge on any atom is 0.268 e. The molecule has 0 radical (unpaired) electrons. The Labute approximate surface area is 198 Å². The number of amides is 1. The summed E-state index contributed by atoms with van der Waals surface area (Å²) in [6, 6.07) is 19.2. The van der Waals surface area contributed by atoms with Crippen LogP contribution in [0.15, 0.2) is 79.1 Å². The second-order valence-electron chi connectivity index (χ2n) is 8.31. The number of benzene rings is 2. The summed E-state index contributed by atoms with van der Waals surface area (Å²) in [5.41, 5.74) is 4.57. The first-order valence-corrected chi connectivity index (χ1v) is 11.2. The number of carbonyl (C=O) groups is 2.